The van der Waals surface area contributed by atoms with Crippen LogP contribution in [-0.2, 0) is 0 Å². The Bertz CT molecular complexity index is 1200. The molecule has 0 unspecified atom stereocenters. The number of methoxy groups -OCH3 is 1. The van der Waals surface area contributed by atoms with Crippen LogP contribution in [0.5, 0.6) is 5.75 Å². The molecule has 3 aromatic carbocycles. The summed E-state index contributed by atoms with van der Waals surface area (Å²) in [5, 5.41) is 9.60. The maximum Gasteiger partial charge on any atom is 0.191 e. The van der Waals surface area contributed by atoms with E-state index in [9.17, 15) is 0 Å². The van der Waals surface area contributed by atoms with Gasteiger partial charge >= 0.3 is 0 Å². The first-order valence-electron chi connectivity index (χ1n) is 9.25. The molecular weight excluding hydrogens is 416 g/mol. The summed E-state index contributed by atoms with van der Waals surface area (Å²) in [6.07, 6.45) is 1.77. The minimum absolute atomic E-state index is 0.393. The molecule has 1 aromatic heterocycles. The number of aromatic amines is 1. The average molecular weight is 435 g/mol. The first-order chi connectivity index (χ1) is 14.6. The molecule has 0 radical (unpaired) electrons. The normalized spacial score (nSPS) is 11.0. The van der Waals surface area contributed by atoms with E-state index in [1.807, 2.05) is 66.7 Å². The molecule has 0 saturated carbocycles. The van der Waals surface area contributed by atoms with Crippen LogP contribution in [-0.4, -0.2) is 23.4 Å². The first kappa shape index (κ1) is 19.9. The van der Waals surface area contributed by atoms with Crippen LogP contribution >= 0.6 is 23.8 Å². The molecule has 7 heteroatoms. The number of aromatic nitrogens is 1. The molecule has 0 saturated heterocycles. The number of fused-ring (bicyclic) bond motifs is 1. The van der Waals surface area contributed by atoms with Crippen LogP contribution in [0, 0.1) is 0 Å². The molecule has 0 aliphatic heterocycles. The predicted molar refractivity (Wildman–Crippen MR) is 129 cm³/mol. The highest BCUT2D eigenvalue weighted by Gasteiger charge is 2.11. The summed E-state index contributed by atoms with van der Waals surface area (Å²) in [7, 11) is 1.63. The van der Waals surface area contributed by atoms with E-state index < -0.39 is 0 Å². The van der Waals surface area contributed by atoms with Gasteiger partial charge in [0, 0.05) is 27.2 Å². The molecule has 0 spiro atoms. The highest BCUT2D eigenvalue weighted by molar-refractivity contribution is 7.80. The van der Waals surface area contributed by atoms with E-state index in [0.717, 1.165) is 39.2 Å². The summed E-state index contributed by atoms with van der Waals surface area (Å²) >= 11 is 11.4. The van der Waals surface area contributed by atoms with Crippen molar-refractivity contribution in [1.82, 2.24) is 10.4 Å². The van der Waals surface area contributed by atoms with Crippen molar-refractivity contribution in [2.24, 2.45) is 5.10 Å². The van der Waals surface area contributed by atoms with Crippen LogP contribution in [0.2, 0.25) is 5.02 Å². The third kappa shape index (κ3) is 4.45. The van der Waals surface area contributed by atoms with E-state index in [1.54, 1.807) is 13.3 Å². The Morgan fingerprint density at radius 3 is 2.50 bits per heavy atom. The van der Waals surface area contributed by atoms with E-state index in [0.29, 0.717) is 10.1 Å². The number of nitrogens with zero attached hydrogens (tertiary/aromatic N) is 1. The quantitative estimate of drug-likeness (QED) is 0.210. The van der Waals surface area contributed by atoms with Crippen molar-refractivity contribution in [3.05, 3.63) is 83.4 Å². The van der Waals surface area contributed by atoms with E-state index in [2.05, 4.69) is 26.9 Å². The van der Waals surface area contributed by atoms with Crippen molar-refractivity contribution in [2.75, 3.05) is 12.4 Å². The standard InChI is InChI=1S/C23H19ClN4OS/c1-29-18-12-10-17(11-13-18)26-23(30)28-25-14-20-19-4-2-3-5-21(19)27-22(20)15-6-8-16(24)9-7-15/h2-14,27H,1H3,(H2,26,28,30)/b25-14+. The summed E-state index contributed by atoms with van der Waals surface area (Å²) < 4.78 is 5.16. The van der Waals surface area contributed by atoms with E-state index in [1.165, 1.54) is 0 Å². The topological polar surface area (TPSA) is 61.4 Å². The van der Waals surface area contributed by atoms with Gasteiger partial charge in [0.05, 0.1) is 19.0 Å². The summed E-state index contributed by atoms with van der Waals surface area (Å²) in [6.45, 7) is 0. The van der Waals surface area contributed by atoms with Crippen molar-refractivity contribution >= 4 is 51.7 Å². The van der Waals surface area contributed by atoms with Gasteiger partial charge in [-0.25, -0.2) is 0 Å². The van der Waals surface area contributed by atoms with Gasteiger partial charge in [0.25, 0.3) is 0 Å². The number of hydrogen-bond acceptors (Lipinski definition) is 3. The van der Waals surface area contributed by atoms with Gasteiger partial charge in [-0.05, 0) is 60.2 Å². The van der Waals surface area contributed by atoms with Gasteiger partial charge in [-0.1, -0.05) is 41.9 Å². The number of hydrogen-bond donors (Lipinski definition) is 3. The third-order valence-electron chi connectivity index (χ3n) is 4.59. The molecular formula is C23H19ClN4OS. The summed E-state index contributed by atoms with van der Waals surface area (Å²) in [4.78, 5) is 3.47. The molecule has 0 aliphatic carbocycles. The van der Waals surface area contributed by atoms with Crippen LogP contribution in [0.1, 0.15) is 5.56 Å². The van der Waals surface area contributed by atoms with Gasteiger partial charge in [-0.15, -0.1) is 0 Å². The number of hydrazone groups is 1. The lowest BCUT2D eigenvalue weighted by atomic mass is 10.1. The fourth-order valence-corrected chi connectivity index (χ4v) is 3.43. The molecule has 150 valence electrons. The van der Waals surface area contributed by atoms with Crippen molar-refractivity contribution in [2.45, 2.75) is 0 Å². The van der Waals surface area contributed by atoms with E-state index in [4.69, 9.17) is 28.6 Å². The number of halogens is 1. The maximum absolute atomic E-state index is 6.04. The number of thiocarbonyl (C=S) groups is 1. The second-order valence-electron chi connectivity index (χ2n) is 6.52. The second kappa shape index (κ2) is 8.98. The van der Waals surface area contributed by atoms with Crippen LogP contribution in [0.4, 0.5) is 5.69 Å². The minimum atomic E-state index is 0.393. The number of benzene rings is 3. The Kier molecular flexibility index (Phi) is 5.97. The van der Waals surface area contributed by atoms with Gasteiger partial charge in [-0.2, -0.15) is 5.10 Å². The number of rotatable bonds is 5. The van der Waals surface area contributed by atoms with Crippen LogP contribution < -0.4 is 15.5 Å². The zero-order valence-corrected chi connectivity index (χ0v) is 17.7. The third-order valence-corrected chi connectivity index (χ3v) is 5.03. The lowest BCUT2D eigenvalue weighted by Gasteiger charge is -2.07. The number of H-pyrrole nitrogens is 1. The Morgan fingerprint density at radius 2 is 1.77 bits per heavy atom. The first-order valence-corrected chi connectivity index (χ1v) is 10.0. The molecule has 5 nitrogen and oxygen atoms in total. The largest absolute Gasteiger partial charge is 0.497 e. The molecule has 0 aliphatic rings. The molecule has 30 heavy (non-hydrogen) atoms. The number of anilines is 1. The monoisotopic (exact) mass is 434 g/mol. The Balaban J connectivity index is 1.55. The highest BCUT2D eigenvalue weighted by atomic mass is 35.5. The number of para-hydroxylation sites is 1. The zero-order chi connectivity index (χ0) is 20.9. The molecule has 1 heterocycles. The molecule has 0 amide bonds. The SMILES string of the molecule is COc1ccc(NC(=S)N/N=C/c2c(-c3ccc(Cl)cc3)[nH]c3ccccc23)cc1. The van der Waals surface area contributed by atoms with E-state index >= 15 is 0 Å². The van der Waals surface area contributed by atoms with Gasteiger partial charge in [0.1, 0.15) is 5.75 Å². The van der Waals surface area contributed by atoms with Gasteiger partial charge in [0.15, 0.2) is 5.11 Å². The summed E-state index contributed by atoms with van der Waals surface area (Å²) in [6, 6.07) is 23.3. The van der Waals surface area contributed by atoms with Crippen LogP contribution in [0.3, 0.4) is 0 Å². The summed E-state index contributed by atoms with van der Waals surface area (Å²) in [5.74, 6) is 0.784. The van der Waals surface area contributed by atoms with Crippen molar-refractivity contribution in [3.8, 4) is 17.0 Å². The van der Waals surface area contributed by atoms with Gasteiger partial charge < -0.3 is 15.0 Å². The minimum Gasteiger partial charge on any atom is -0.497 e. The van der Waals surface area contributed by atoms with Crippen LogP contribution in [0.25, 0.3) is 22.2 Å². The second-order valence-corrected chi connectivity index (χ2v) is 7.36. The lowest BCUT2D eigenvalue weighted by Crippen LogP contribution is -2.23. The Morgan fingerprint density at radius 1 is 1.03 bits per heavy atom. The van der Waals surface area contributed by atoms with Crippen molar-refractivity contribution < 1.29 is 4.74 Å². The fourth-order valence-electron chi connectivity index (χ4n) is 3.13. The van der Waals surface area contributed by atoms with Crippen LogP contribution in [0.15, 0.2) is 77.9 Å². The lowest BCUT2D eigenvalue weighted by molar-refractivity contribution is 0.415. The molecule has 3 N–H and O–H groups in total. The van der Waals surface area contributed by atoms with Gasteiger partial charge in [-0.3, -0.25) is 5.43 Å². The fraction of sp³-hybridized carbons (Fsp3) is 0.0435. The Labute approximate surface area is 184 Å². The van der Waals surface area contributed by atoms with Crippen molar-refractivity contribution in [1.29, 1.82) is 0 Å². The zero-order valence-electron chi connectivity index (χ0n) is 16.1. The molecule has 0 bridgehead atoms. The predicted octanol–water partition coefficient (Wildman–Crippen LogP) is 5.82. The van der Waals surface area contributed by atoms with E-state index in [-0.39, 0.29) is 0 Å². The van der Waals surface area contributed by atoms with Crippen molar-refractivity contribution in [3.63, 3.8) is 0 Å². The molecule has 4 rings (SSSR count). The average Bonchev–Trinajstić information content (AvgIpc) is 3.13. The number of nitrogens with one attached hydrogen (secondary N) is 3. The maximum atomic E-state index is 6.04. The number of ether oxygens (including phenoxy) is 1. The molecule has 4 aromatic rings. The smallest absolute Gasteiger partial charge is 0.191 e. The summed E-state index contributed by atoms with van der Waals surface area (Å²) in [5.41, 5.74) is 7.70. The highest BCUT2D eigenvalue weighted by Crippen LogP contribution is 2.29. The molecule has 0 atom stereocenters. The Hall–Kier alpha value is -3.35. The van der Waals surface area contributed by atoms with Gasteiger partial charge in [0.2, 0.25) is 0 Å². The molecule has 0 fully saturated rings.